The molecule has 0 aromatic heterocycles. The van der Waals surface area contributed by atoms with Crippen molar-refractivity contribution in [3.63, 3.8) is 0 Å². The molecule has 0 aromatic rings. The monoisotopic (exact) mass is 171 g/mol. The smallest absolute Gasteiger partial charge is 0.0620 e. The first-order valence-corrected chi connectivity index (χ1v) is 5.18. The van der Waals surface area contributed by atoms with Crippen molar-refractivity contribution in [2.45, 2.75) is 51.7 Å². The van der Waals surface area contributed by atoms with E-state index in [0.717, 1.165) is 13.2 Å². The van der Waals surface area contributed by atoms with Gasteiger partial charge in [-0.15, -0.1) is 0 Å². The summed E-state index contributed by atoms with van der Waals surface area (Å²) in [5.41, 5.74) is 0. The van der Waals surface area contributed by atoms with Crippen LogP contribution < -0.4 is 5.32 Å². The van der Waals surface area contributed by atoms with Gasteiger partial charge in [-0.1, -0.05) is 6.92 Å². The van der Waals surface area contributed by atoms with Crippen LogP contribution in [0.4, 0.5) is 0 Å². The number of hydrogen-bond acceptors (Lipinski definition) is 2. The summed E-state index contributed by atoms with van der Waals surface area (Å²) >= 11 is 0. The molecule has 0 amide bonds. The van der Waals surface area contributed by atoms with Gasteiger partial charge in [-0.25, -0.2) is 0 Å². The Bertz CT molecular complexity index is 112. The van der Waals surface area contributed by atoms with E-state index in [1.54, 1.807) is 0 Å². The van der Waals surface area contributed by atoms with Gasteiger partial charge in [-0.05, 0) is 39.2 Å². The second-order valence-electron chi connectivity index (χ2n) is 3.74. The summed E-state index contributed by atoms with van der Waals surface area (Å²) in [5.74, 6) is 0. The Morgan fingerprint density at radius 3 is 2.75 bits per heavy atom. The van der Waals surface area contributed by atoms with Crippen molar-refractivity contribution in [3.05, 3.63) is 0 Å². The minimum absolute atomic E-state index is 0.519. The number of nitrogens with one attached hydrogen (secondary N) is 1. The van der Waals surface area contributed by atoms with Gasteiger partial charge in [0.05, 0.1) is 12.7 Å². The molecule has 1 N–H and O–H groups in total. The maximum atomic E-state index is 5.67. The fourth-order valence-corrected chi connectivity index (χ4v) is 1.27. The summed E-state index contributed by atoms with van der Waals surface area (Å²) < 4.78 is 5.67. The zero-order valence-electron chi connectivity index (χ0n) is 8.31. The summed E-state index contributed by atoms with van der Waals surface area (Å²) in [7, 11) is 0. The number of ether oxygens (including phenoxy) is 1. The molecule has 1 aliphatic rings. The van der Waals surface area contributed by atoms with Crippen LogP contribution in [0.2, 0.25) is 0 Å². The van der Waals surface area contributed by atoms with Crippen molar-refractivity contribution >= 4 is 0 Å². The van der Waals surface area contributed by atoms with Gasteiger partial charge in [-0.2, -0.15) is 0 Å². The zero-order valence-corrected chi connectivity index (χ0v) is 8.31. The summed E-state index contributed by atoms with van der Waals surface area (Å²) in [6.07, 6.45) is 5.70. The Hall–Kier alpha value is -0.0800. The second kappa shape index (κ2) is 5.55. The average molecular weight is 171 g/mol. The summed E-state index contributed by atoms with van der Waals surface area (Å²) in [4.78, 5) is 0. The molecule has 0 radical (unpaired) electrons. The van der Waals surface area contributed by atoms with E-state index in [1.165, 1.54) is 25.7 Å². The summed E-state index contributed by atoms with van der Waals surface area (Å²) in [6, 6.07) is 0.519. The van der Waals surface area contributed by atoms with Crippen LogP contribution in [0.15, 0.2) is 0 Å². The maximum absolute atomic E-state index is 5.67. The molecule has 1 fully saturated rings. The van der Waals surface area contributed by atoms with Crippen molar-refractivity contribution in [1.29, 1.82) is 0 Å². The fourth-order valence-electron chi connectivity index (χ4n) is 1.27. The lowest BCUT2D eigenvalue weighted by Crippen LogP contribution is -2.34. The highest BCUT2D eigenvalue weighted by Gasteiger charge is 2.18. The molecule has 2 nitrogen and oxygen atoms in total. The normalized spacial score (nSPS) is 20.5. The van der Waals surface area contributed by atoms with Crippen LogP contribution in [0.5, 0.6) is 0 Å². The minimum atomic E-state index is 0.519. The average Bonchev–Trinajstić information content (AvgIpc) is 1.98. The van der Waals surface area contributed by atoms with Crippen molar-refractivity contribution in [1.82, 2.24) is 5.32 Å². The lowest BCUT2D eigenvalue weighted by atomic mass is 9.96. The molecule has 0 spiro atoms. The predicted molar refractivity (Wildman–Crippen MR) is 51.3 cm³/mol. The first-order chi connectivity index (χ1) is 5.83. The lowest BCUT2D eigenvalue weighted by molar-refractivity contribution is -0.00629. The van der Waals surface area contributed by atoms with Gasteiger partial charge in [0.15, 0.2) is 0 Å². The molecule has 12 heavy (non-hydrogen) atoms. The van der Waals surface area contributed by atoms with Gasteiger partial charge in [0.2, 0.25) is 0 Å². The molecule has 0 heterocycles. The second-order valence-corrected chi connectivity index (χ2v) is 3.74. The molecule has 1 saturated carbocycles. The number of rotatable bonds is 6. The maximum Gasteiger partial charge on any atom is 0.0620 e. The van der Waals surface area contributed by atoms with Gasteiger partial charge in [0.25, 0.3) is 0 Å². The first-order valence-electron chi connectivity index (χ1n) is 5.18. The highest BCUT2D eigenvalue weighted by molar-refractivity contribution is 4.70. The minimum Gasteiger partial charge on any atom is -0.377 e. The van der Waals surface area contributed by atoms with E-state index < -0.39 is 0 Å². The van der Waals surface area contributed by atoms with Crippen molar-refractivity contribution in [3.8, 4) is 0 Å². The molecular weight excluding hydrogens is 150 g/mol. The molecule has 0 saturated heterocycles. The standard InChI is InChI=1S/C10H21NO/c1-3-7-11-9(2)8-12-10-5-4-6-10/h9-11H,3-8H2,1-2H3. The van der Waals surface area contributed by atoms with Crippen molar-refractivity contribution in [2.75, 3.05) is 13.2 Å². The third kappa shape index (κ3) is 3.55. The molecule has 2 heteroatoms. The SMILES string of the molecule is CCCNC(C)COC1CCC1. The highest BCUT2D eigenvalue weighted by atomic mass is 16.5. The fraction of sp³-hybridized carbons (Fsp3) is 1.00. The van der Waals surface area contributed by atoms with Crippen LogP contribution in [0.1, 0.15) is 39.5 Å². The molecular formula is C10H21NO. The largest absolute Gasteiger partial charge is 0.377 e. The van der Waals surface area contributed by atoms with Crippen LogP contribution in [-0.4, -0.2) is 25.3 Å². The van der Waals surface area contributed by atoms with Crippen molar-refractivity contribution in [2.24, 2.45) is 0 Å². The van der Waals surface area contributed by atoms with Gasteiger partial charge >= 0.3 is 0 Å². The van der Waals surface area contributed by atoms with Crippen LogP contribution in [0, 0.1) is 0 Å². The summed E-state index contributed by atoms with van der Waals surface area (Å²) in [6.45, 7) is 6.36. The Labute approximate surface area is 75.7 Å². The van der Waals surface area contributed by atoms with Gasteiger partial charge in [0.1, 0.15) is 0 Å². The zero-order chi connectivity index (χ0) is 8.81. The molecule has 1 unspecified atom stereocenters. The van der Waals surface area contributed by atoms with E-state index in [4.69, 9.17) is 4.74 Å². The molecule has 72 valence electrons. The number of hydrogen-bond donors (Lipinski definition) is 1. The van der Waals surface area contributed by atoms with E-state index in [1.807, 2.05) is 0 Å². The van der Waals surface area contributed by atoms with Gasteiger partial charge in [0, 0.05) is 6.04 Å². The third-order valence-corrected chi connectivity index (χ3v) is 2.38. The third-order valence-electron chi connectivity index (χ3n) is 2.38. The molecule has 1 rings (SSSR count). The Morgan fingerprint density at radius 2 is 2.25 bits per heavy atom. The van der Waals surface area contributed by atoms with Crippen LogP contribution in [-0.2, 0) is 4.74 Å². The lowest BCUT2D eigenvalue weighted by Gasteiger charge is -2.27. The Balaban J connectivity index is 1.90. The molecule has 1 aliphatic carbocycles. The van der Waals surface area contributed by atoms with Gasteiger partial charge in [-0.3, -0.25) is 0 Å². The first kappa shape index (κ1) is 10.0. The van der Waals surface area contributed by atoms with E-state index in [0.29, 0.717) is 12.1 Å². The van der Waals surface area contributed by atoms with E-state index in [-0.39, 0.29) is 0 Å². The Morgan fingerprint density at radius 1 is 1.50 bits per heavy atom. The predicted octanol–water partition coefficient (Wildman–Crippen LogP) is 1.94. The van der Waals surface area contributed by atoms with Gasteiger partial charge < -0.3 is 10.1 Å². The molecule has 0 aliphatic heterocycles. The van der Waals surface area contributed by atoms with E-state index in [9.17, 15) is 0 Å². The van der Waals surface area contributed by atoms with Crippen molar-refractivity contribution < 1.29 is 4.74 Å². The van der Waals surface area contributed by atoms with E-state index >= 15 is 0 Å². The van der Waals surface area contributed by atoms with Crippen LogP contribution in [0.25, 0.3) is 0 Å². The topological polar surface area (TPSA) is 21.3 Å². The quantitative estimate of drug-likeness (QED) is 0.659. The highest BCUT2D eigenvalue weighted by Crippen LogP contribution is 2.21. The van der Waals surface area contributed by atoms with E-state index in [2.05, 4.69) is 19.2 Å². The van der Waals surface area contributed by atoms with Crippen LogP contribution in [0.3, 0.4) is 0 Å². The molecule has 0 aromatic carbocycles. The summed E-state index contributed by atoms with van der Waals surface area (Å²) in [5, 5.41) is 3.41. The van der Waals surface area contributed by atoms with Crippen LogP contribution >= 0.6 is 0 Å². The molecule has 1 atom stereocenters. The Kier molecular flexibility index (Phi) is 4.62. The molecule has 0 bridgehead atoms.